The van der Waals surface area contributed by atoms with E-state index in [0.717, 1.165) is 10.6 Å². The van der Waals surface area contributed by atoms with Gasteiger partial charge in [0.25, 0.3) is 0 Å². The molecule has 1 heterocycles. The van der Waals surface area contributed by atoms with E-state index in [1.807, 2.05) is 27.7 Å². The second kappa shape index (κ2) is 8.09. The van der Waals surface area contributed by atoms with Gasteiger partial charge in [0.15, 0.2) is 5.13 Å². The first-order valence-corrected chi connectivity index (χ1v) is 7.65. The number of hydrogen-bond acceptors (Lipinski definition) is 5. The third-order valence-corrected chi connectivity index (χ3v) is 3.80. The summed E-state index contributed by atoms with van der Waals surface area (Å²) in [7, 11) is 1.46. The number of rotatable bonds is 7. The van der Waals surface area contributed by atoms with Crippen LogP contribution in [0.25, 0.3) is 0 Å². The maximum Gasteiger partial charge on any atom is 0.249 e. The van der Waals surface area contributed by atoms with Gasteiger partial charge in [-0.15, -0.1) is 11.3 Å². The van der Waals surface area contributed by atoms with E-state index in [1.54, 1.807) is 0 Å². The second-order valence-electron chi connectivity index (χ2n) is 5.31. The SMILES string of the molecule is COCC(=O)N(CC(=O)Nc1nc(C)c(C)s1)CC(C)C. The summed E-state index contributed by atoms with van der Waals surface area (Å²) in [6.07, 6.45) is 0. The Morgan fingerprint density at radius 2 is 2.05 bits per heavy atom. The minimum Gasteiger partial charge on any atom is -0.375 e. The highest BCUT2D eigenvalue weighted by Crippen LogP contribution is 2.20. The molecule has 2 amide bonds. The lowest BCUT2D eigenvalue weighted by Gasteiger charge is -2.23. The Labute approximate surface area is 129 Å². The fourth-order valence-corrected chi connectivity index (χ4v) is 2.60. The molecule has 0 atom stereocenters. The van der Waals surface area contributed by atoms with E-state index in [1.165, 1.54) is 23.3 Å². The van der Waals surface area contributed by atoms with Gasteiger partial charge in [-0.3, -0.25) is 9.59 Å². The van der Waals surface area contributed by atoms with Gasteiger partial charge in [0.1, 0.15) is 13.2 Å². The van der Waals surface area contributed by atoms with Crippen LogP contribution in [0, 0.1) is 19.8 Å². The quantitative estimate of drug-likeness (QED) is 0.833. The van der Waals surface area contributed by atoms with Crippen molar-refractivity contribution < 1.29 is 14.3 Å². The third-order valence-electron chi connectivity index (χ3n) is 2.82. The number of ether oxygens (including phenoxy) is 1. The number of nitrogens with zero attached hydrogens (tertiary/aromatic N) is 2. The molecular weight excluding hydrogens is 290 g/mol. The van der Waals surface area contributed by atoms with Crippen molar-refractivity contribution in [2.45, 2.75) is 27.7 Å². The monoisotopic (exact) mass is 313 g/mol. The Kier molecular flexibility index (Phi) is 6.77. The molecule has 0 saturated carbocycles. The molecule has 0 aliphatic rings. The van der Waals surface area contributed by atoms with E-state index in [-0.39, 0.29) is 30.9 Å². The Bertz CT molecular complexity index is 480. The second-order valence-corrected chi connectivity index (χ2v) is 6.51. The molecule has 0 aliphatic carbocycles. The van der Waals surface area contributed by atoms with Gasteiger partial charge in [-0.2, -0.15) is 0 Å². The Hall–Kier alpha value is -1.47. The van der Waals surface area contributed by atoms with Crippen LogP contribution in [0.3, 0.4) is 0 Å². The lowest BCUT2D eigenvalue weighted by atomic mass is 10.2. The smallest absolute Gasteiger partial charge is 0.249 e. The number of methoxy groups -OCH3 is 1. The van der Waals surface area contributed by atoms with Crippen LogP contribution in [0.4, 0.5) is 5.13 Å². The summed E-state index contributed by atoms with van der Waals surface area (Å²) in [4.78, 5) is 30.8. The van der Waals surface area contributed by atoms with Crippen LogP contribution in [0.5, 0.6) is 0 Å². The summed E-state index contributed by atoms with van der Waals surface area (Å²) >= 11 is 1.43. The van der Waals surface area contributed by atoms with Gasteiger partial charge in [0.2, 0.25) is 11.8 Å². The topological polar surface area (TPSA) is 71.5 Å². The van der Waals surface area contributed by atoms with Crippen molar-refractivity contribution in [1.82, 2.24) is 9.88 Å². The van der Waals surface area contributed by atoms with Crippen LogP contribution in [-0.2, 0) is 14.3 Å². The van der Waals surface area contributed by atoms with Gasteiger partial charge in [0.05, 0.1) is 5.69 Å². The molecule has 7 heteroatoms. The number of carbonyl (C=O) groups excluding carboxylic acids is 2. The molecule has 0 bridgehead atoms. The van der Waals surface area contributed by atoms with Crippen molar-refractivity contribution >= 4 is 28.3 Å². The summed E-state index contributed by atoms with van der Waals surface area (Å²) in [6, 6.07) is 0. The number of nitrogens with one attached hydrogen (secondary N) is 1. The zero-order valence-electron chi connectivity index (χ0n) is 13.2. The third kappa shape index (κ3) is 5.81. The lowest BCUT2D eigenvalue weighted by molar-refractivity contribution is -0.138. The van der Waals surface area contributed by atoms with Crippen molar-refractivity contribution in [3.8, 4) is 0 Å². The molecule has 0 aliphatic heterocycles. The summed E-state index contributed by atoms with van der Waals surface area (Å²) < 4.78 is 4.85. The van der Waals surface area contributed by atoms with Gasteiger partial charge in [0, 0.05) is 18.5 Å². The predicted molar refractivity (Wildman–Crippen MR) is 83.5 cm³/mol. The molecule has 1 rings (SSSR count). The number of carbonyl (C=O) groups is 2. The standard InChI is InChI=1S/C14H23N3O3S/c1-9(2)6-17(13(19)8-20-5)7-12(18)16-14-15-10(3)11(4)21-14/h9H,6-8H2,1-5H3,(H,15,16,18). The van der Waals surface area contributed by atoms with Gasteiger partial charge < -0.3 is 15.0 Å². The number of hydrogen-bond donors (Lipinski definition) is 1. The maximum atomic E-state index is 12.1. The predicted octanol–water partition coefficient (Wildman–Crippen LogP) is 1.83. The van der Waals surface area contributed by atoms with E-state index in [0.29, 0.717) is 11.7 Å². The van der Waals surface area contributed by atoms with Gasteiger partial charge in [-0.1, -0.05) is 13.8 Å². The zero-order valence-corrected chi connectivity index (χ0v) is 14.0. The van der Waals surface area contributed by atoms with Crippen molar-refractivity contribution in [2.75, 3.05) is 32.1 Å². The normalized spacial score (nSPS) is 10.8. The molecule has 118 valence electrons. The van der Waals surface area contributed by atoms with Gasteiger partial charge in [-0.25, -0.2) is 4.98 Å². The van der Waals surface area contributed by atoms with Crippen molar-refractivity contribution in [3.05, 3.63) is 10.6 Å². The fraction of sp³-hybridized carbons (Fsp3) is 0.643. The van der Waals surface area contributed by atoms with Crippen molar-refractivity contribution in [2.24, 2.45) is 5.92 Å². The summed E-state index contributed by atoms with van der Waals surface area (Å²) in [5.74, 6) is -0.148. The molecule has 1 N–H and O–H groups in total. The highest BCUT2D eigenvalue weighted by molar-refractivity contribution is 7.15. The highest BCUT2D eigenvalue weighted by atomic mass is 32.1. The maximum absolute atomic E-state index is 12.1. The number of aromatic nitrogens is 1. The molecule has 21 heavy (non-hydrogen) atoms. The molecule has 1 aromatic heterocycles. The molecule has 0 saturated heterocycles. The number of thiazole rings is 1. The van der Waals surface area contributed by atoms with Crippen LogP contribution in [0.15, 0.2) is 0 Å². The number of aryl methyl sites for hydroxylation is 2. The first kappa shape index (κ1) is 17.6. The fourth-order valence-electron chi connectivity index (χ4n) is 1.77. The first-order chi connectivity index (χ1) is 9.83. The minimum atomic E-state index is -0.242. The zero-order chi connectivity index (χ0) is 16.0. The summed E-state index contributed by atoms with van der Waals surface area (Å²) in [6.45, 7) is 8.36. The molecule has 0 unspecified atom stereocenters. The van der Waals surface area contributed by atoms with Gasteiger partial charge in [-0.05, 0) is 19.8 Å². The Balaban J connectivity index is 2.64. The minimum absolute atomic E-state index is 0.0120. The molecule has 0 radical (unpaired) electrons. The summed E-state index contributed by atoms with van der Waals surface area (Å²) in [5.41, 5.74) is 0.907. The van der Waals surface area contributed by atoms with Crippen molar-refractivity contribution in [3.63, 3.8) is 0 Å². The molecule has 6 nitrogen and oxygen atoms in total. The van der Waals surface area contributed by atoms with Crippen LogP contribution >= 0.6 is 11.3 Å². The first-order valence-electron chi connectivity index (χ1n) is 6.84. The molecule has 1 aromatic rings. The van der Waals surface area contributed by atoms with Crippen LogP contribution in [-0.4, -0.2) is 48.5 Å². The molecule has 0 fully saturated rings. The van der Waals surface area contributed by atoms with E-state index in [9.17, 15) is 9.59 Å². The van der Waals surface area contributed by atoms with Crippen LogP contribution < -0.4 is 5.32 Å². The average Bonchev–Trinajstić information content (AvgIpc) is 2.66. The Morgan fingerprint density at radius 1 is 1.38 bits per heavy atom. The lowest BCUT2D eigenvalue weighted by Crippen LogP contribution is -2.41. The number of anilines is 1. The largest absolute Gasteiger partial charge is 0.375 e. The molecule has 0 spiro atoms. The van der Waals surface area contributed by atoms with E-state index >= 15 is 0 Å². The van der Waals surface area contributed by atoms with Crippen LogP contribution in [0.2, 0.25) is 0 Å². The van der Waals surface area contributed by atoms with Crippen LogP contribution in [0.1, 0.15) is 24.4 Å². The van der Waals surface area contributed by atoms with E-state index < -0.39 is 0 Å². The van der Waals surface area contributed by atoms with E-state index in [4.69, 9.17) is 4.74 Å². The number of amides is 2. The molecular formula is C14H23N3O3S. The van der Waals surface area contributed by atoms with Crippen molar-refractivity contribution in [1.29, 1.82) is 0 Å². The van der Waals surface area contributed by atoms with E-state index in [2.05, 4.69) is 10.3 Å². The molecule has 0 aromatic carbocycles. The summed E-state index contributed by atoms with van der Waals surface area (Å²) in [5, 5.41) is 3.31. The van der Waals surface area contributed by atoms with Gasteiger partial charge >= 0.3 is 0 Å². The highest BCUT2D eigenvalue weighted by Gasteiger charge is 2.19. The average molecular weight is 313 g/mol. The Morgan fingerprint density at radius 3 is 2.52 bits per heavy atom.